The van der Waals surface area contributed by atoms with Gasteiger partial charge in [-0.3, -0.25) is 4.79 Å². The van der Waals surface area contributed by atoms with Gasteiger partial charge in [-0.1, -0.05) is 31.2 Å². The summed E-state index contributed by atoms with van der Waals surface area (Å²) in [5.41, 5.74) is 0.711. The lowest BCUT2D eigenvalue weighted by molar-refractivity contribution is -0.127. The molecule has 1 N–H and O–H groups in total. The Morgan fingerprint density at radius 2 is 1.95 bits per heavy atom. The second-order valence-electron chi connectivity index (χ2n) is 4.82. The Bertz CT molecular complexity index is 594. The van der Waals surface area contributed by atoms with Crippen molar-refractivity contribution in [2.45, 2.75) is 31.6 Å². The molecule has 2 atom stereocenters. The molecular formula is C14H15BrO4S. The Balaban J connectivity index is 2.29. The molecule has 1 aromatic rings. The van der Waals surface area contributed by atoms with Crippen LogP contribution in [0.5, 0.6) is 0 Å². The Morgan fingerprint density at radius 3 is 2.40 bits per heavy atom. The van der Waals surface area contributed by atoms with Crippen LogP contribution in [0.25, 0.3) is 5.76 Å². The van der Waals surface area contributed by atoms with Crippen molar-refractivity contribution in [3.63, 3.8) is 0 Å². The van der Waals surface area contributed by atoms with Gasteiger partial charge in [0.05, 0.1) is 5.75 Å². The molecule has 1 heterocycles. The fourth-order valence-electron chi connectivity index (χ4n) is 1.96. The van der Waals surface area contributed by atoms with Crippen molar-refractivity contribution < 1.29 is 18.3 Å². The number of carbonyl (C=O) groups excluding carboxylic acids is 1. The number of benzene rings is 1. The highest BCUT2D eigenvalue weighted by atomic mass is 79.9. The molecule has 1 aliphatic heterocycles. The molecule has 1 aliphatic rings. The van der Waals surface area contributed by atoms with Crippen molar-refractivity contribution >= 4 is 38.6 Å². The maximum atomic E-state index is 12.2. The summed E-state index contributed by atoms with van der Waals surface area (Å²) in [7, 11) is 0. The number of hydrogen-bond acceptors (Lipinski definition) is 3. The van der Waals surface area contributed by atoms with Gasteiger partial charge in [0.1, 0.15) is 10.2 Å². The van der Waals surface area contributed by atoms with Gasteiger partial charge in [-0.15, -0.1) is 0 Å². The van der Waals surface area contributed by atoms with Gasteiger partial charge in [-0.25, -0.2) is 4.21 Å². The largest absolute Gasteiger partial charge is 0.477 e. The minimum absolute atomic E-state index is 0.0597. The second kappa shape index (κ2) is 5.79. The number of ketones is 1. The number of ether oxygens (including phenoxy) is 1. The van der Waals surface area contributed by atoms with Crippen LogP contribution in [-0.2, 0) is 26.4 Å². The van der Waals surface area contributed by atoms with Gasteiger partial charge in [-0.05, 0) is 34.8 Å². The van der Waals surface area contributed by atoms with E-state index in [0.717, 1.165) is 11.1 Å². The van der Waals surface area contributed by atoms with Crippen LogP contribution in [0.1, 0.15) is 31.4 Å². The first-order valence-electron chi connectivity index (χ1n) is 6.17. The van der Waals surface area contributed by atoms with Crippen molar-refractivity contribution in [2.24, 2.45) is 0 Å². The molecular weight excluding hydrogens is 344 g/mol. The van der Waals surface area contributed by atoms with Crippen LogP contribution in [0.3, 0.4) is 0 Å². The summed E-state index contributed by atoms with van der Waals surface area (Å²) in [6, 6.07) is 7.08. The molecule has 2 unspecified atom stereocenters. The van der Waals surface area contributed by atoms with Gasteiger partial charge in [0.2, 0.25) is 5.78 Å². The number of rotatable bonds is 4. The van der Waals surface area contributed by atoms with Gasteiger partial charge in [-0.2, -0.15) is 0 Å². The molecule has 0 amide bonds. The SMILES string of the molecule is CCC1(C)OC(c2ccc(CS(=O)O)cc2)=C(Br)C1=O. The molecule has 108 valence electrons. The molecule has 0 saturated heterocycles. The molecule has 6 heteroatoms. The van der Waals surface area contributed by atoms with Crippen LogP contribution in [-0.4, -0.2) is 20.1 Å². The lowest BCUT2D eigenvalue weighted by atomic mass is 9.99. The summed E-state index contributed by atoms with van der Waals surface area (Å²) in [6.45, 7) is 3.67. The fraction of sp³-hybridized carbons (Fsp3) is 0.357. The molecule has 4 nitrogen and oxygen atoms in total. The first-order valence-corrected chi connectivity index (χ1v) is 8.24. The molecule has 0 radical (unpaired) electrons. The first kappa shape index (κ1) is 15.4. The normalized spacial score (nSPS) is 23.9. The quantitative estimate of drug-likeness (QED) is 0.839. The van der Waals surface area contributed by atoms with Gasteiger partial charge in [0, 0.05) is 5.56 Å². The van der Waals surface area contributed by atoms with Crippen molar-refractivity contribution in [1.82, 2.24) is 0 Å². The summed E-state index contributed by atoms with van der Waals surface area (Å²) < 4.78 is 25.9. The highest BCUT2D eigenvalue weighted by Crippen LogP contribution is 2.40. The predicted octanol–water partition coefficient (Wildman–Crippen LogP) is 3.24. The van der Waals surface area contributed by atoms with E-state index in [1.165, 1.54) is 0 Å². The van der Waals surface area contributed by atoms with Crippen LogP contribution in [0.2, 0.25) is 0 Å². The zero-order chi connectivity index (χ0) is 14.9. The summed E-state index contributed by atoms with van der Waals surface area (Å²) in [4.78, 5) is 12.2. The molecule has 0 spiro atoms. The molecule has 0 fully saturated rings. The van der Waals surface area contributed by atoms with E-state index >= 15 is 0 Å². The Kier molecular flexibility index (Phi) is 4.46. The van der Waals surface area contributed by atoms with Crippen LogP contribution in [0.4, 0.5) is 0 Å². The number of hydrogen-bond donors (Lipinski definition) is 1. The lowest BCUT2D eigenvalue weighted by Crippen LogP contribution is -2.32. The molecule has 1 aromatic carbocycles. The number of halogens is 1. The molecule has 0 bridgehead atoms. The van der Waals surface area contributed by atoms with E-state index in [2.05, 4.69) is 15.9 Å². The van der Waals surface area contributed by atoms with E-state index in [1.54, 1.807) is 31.2 Å². The third kappa shape index (κ3) is 2.87. The second-order valence-corrected chi connectivity index (χ2v) is 6.55. The van der Waals surface area contributed by atoms with Crippen LogP contribution < -0.4 is 0 Å². The zero-order valence-electron chi connectivity index (χ0n) is 11.2. The van der Waals surface area contributed by atoms with E-state index in [9.17, 15) is 9.00 Å². The molecule has 0 aromatic heterocycles. The molecule has 0 aliphatic carbocycles. The maximum Gasteiger partial charge on any atom is 0.216 e. The van der Waals surface area contributed by atoms with Crippen molar-refractivity contribution in [1.29, 1.82) is 0 Å². The van der Waals surface area contributed by atoms with Gasteiger partial charge >= 0.3 is 0 Å². The first-order chi connectivity index (χ1) is 9.37. The third-order valence-electron chi connectivity index (χ3n) is 3.39. The Labute approximate surface area is 128 Å². The standard InChI is InChI=1S/C14H15BrO4S/c1-3-14(2)13(16)11(15)12(19-14)10-6-4-9(5-7-10)8-20(17)18/h4-7H,3,8H2,1-2H3,(H,17,18). The van der Waals surface area contributed by atoms with Gasteiger partial charge < -0.3 is 9.29 Å². The zero-order valence-corrected chi connectivity index (χ0v) is 13.6. The topological polar surface area (TPSA) is 63.6 Å². The molecule has 0 saturated carbocycles. The minimum atomic E-state index is -1.86. The number of Topliss-reactive ketones (excluding diaryl/α,β-unsaturated/α-hetero) is 1. The average Bonchev–Trinajstić information content (AvgIpc) is 2.64. The highest BCUT2D eigenvalue weighted by molar-refractivity contribution is 9.12. The van der Waals surface area contributed by atoms with Crippen LogP contribution in [0, 0.1) is 0 Å². The Hall–Kier alpha value is -0.980. The monoisotopic (exact) mass is 358 g/mol. The van der Waals surface area contributed by atoms with Gasteiger partial charge in [0.25, 0.3) is 0 Å². The van der Waals surface area contributed by atoms with E-state index in [1.807, 2.05) is 6.92 Å². The molecule has 2 rings (SSSR count). The highest BCUT2D eigenvalue weighted by Gasteiger charge is 2.43. The number of carbonyl (C=O) groups is 1. The van der Waals surface area contributed by atoms with E-state index in [0.29, 0.717) is 16.7 Å². The van der Waals surface area contributed by atoms with Crippen LogP contribution >= 0.6 is 15.9 Å². The van der Waals surface area contributed by atoms with Gasteiger partial charge in [0.15, 0.2) is 16.7 Å². The minimum Gasteiger partial charge on any atom is -0.477 e. The van der Waals surface area contributed by atoms with E-state index < -0.39 is 16.7 Å². The summed E-state index contributed by atoms with van der Waals surface area (Å²) in [6.07, 6.45) is 0.589. The lowest BCUT2D eigenvalue weighted by Gasteiger charge is -2.21. The predicted molar refractivity (Wildman–Crippen MR) is 81.6 cm³/mol. The smallest absolute Gasteiger partial charge is 0.216 e. The average molecular weight is 359 g/mol. The molecule has 20 heavy (non-hydrogen) atoms. The van der Waals surface area contributed by atoms with E-state index in [4.69, 9.17) is 9.29 Å². The van der Waals surface area contributed by atoms with Crippen LogP contribution in [0.15, 0.2) is 28.7 Å². The summed E-state index contributed by atoms with van der Waals surface area (Å²) >= 11 is 1.44. The maximum absolute atomic E-state index is 12.2. The Morgan fingerprint density at radius 1 is 1.35 bits per heavy atom. The van der Waals surface area contributed by atoms with Crippen molar-refractivity contribution in [3.8, 4) is 0 Å². The van der Waals surface area contributed by atoms with Crippen molar-refractivity contribution in [3.05, 3.63) is 39.9 Å². The summed E-state index contributed by atoms with van der Waals surface area (Å²) in [5.74, 6) is 0.555. The fourth-order valence-corrected chi connectivity index (χ4v) is 3.17. The summed E-state index contributed by atoms with van der Waals surface area (Å²) in [5, 5.41) is 0. The van der Waals surface area contributed by atoms with E-state index in [-0.39, 0.29) is 11.5 Å². The van der Waals surface area contributed by atoms with Crippen molar-refractivity contribution in [2.75, 3.05) is 0 Å². The third-order valence-corrected chi connectivity index (χ3v) is 4.69.